The third kappa shape index (κ3) is 3.04. The number of thioether (sulfide) groups is 1. The number of H-pyrrole nitrogens is 1. The van der Waals surface area contributed by atoms with Crippen LogP contribution >= 0.6 is 11.8 Å². The minimum absolute atomic E-state index is 0.0373. The molecule has 0 bridgehead atoms. The highest BCUT2D eigenvalue weighted by Gasteiger charge is 2.24. The Balaban J connectivity index is 2.04. The number of hydrogen-bond donors (Lipinski definition) is 2. The molecule has 1 aliphatic rings. The SMILES string of the molecule is CC(C)C(C(N)=O)c1cc(=O)c2cc(SC3CC3)ccc2[nH]1. The highest BCUT2D eigenvalue weighted by Crippen LogP contribution is 2.39. The molecule has 116 valence electrons. The molecule has 1 unspecified atom stereocenters. The summed E-state index contributed by atoms with van der Waals surface area (Å²) in [6, 6.07) is 7.40. The number of benzene rings is 1. The second kappa shape index (κ2) is 5.80. The lowest BCUT2D eigenvalue weighted by atomic mass is 9.91. The quantitative estimate of drug-likeness (QED) is 0.890. The molecule has 1 fully saturated rings. The summed E-state index contributed by atoms with van der Waals surface area (Å²) in [5, 5.41) is 1.37. The third-order valence-electron chi connectivity index (χ3n) is 3.96. The van der Waals surface area contributed by atoms with Crippen LogP contribution in [0.1, 0.15) is 38.3 Å². The predicted molar refractivity (Wildman–Crippen MR) is 90.2 cm³/mol. The summed E-state index contributed by atoms with van der Waals surface area (Å²) in [5.74, 6) is -0.848. The highest BCUT2D eigenvalue weighted by molar-refractivity contribution is 8.00. The Bertz CT molecular complexity index is 778. The Morgan fingerprint density at radius 1 is 1.32 bits per heavy atom. The predicted octanol–water partition coefficient (Wildman–Crippen LogP) is 3.01. The minimum Gasteiger partial charge on any atom is -0.369 e. The van der Waals surface area contributed by atoms with Gasteiger partial charge in [0, 0.05) is 32.8 Å². The topological polar surface area (TPSA) is 76.0 Å². The van der Waals surface area contributed by atoms with E-state index in [4.69, 9.17) is 5.73 Å². The van der Waals surface area contributed by atoms with Gasteiger partial charge in [-0.1, -0.05) is 13.8 Å². The van der Waals surface area contributed by atoms with Gasteiger partial charge in [0.05, 0.1) is 5.92 Å². The normalized spacial score (nSPS) is 16.1. The number of aromatic nitrogens is 1. The monoisotopic (exact) mass is 316 g/mol. The van der Waals surface area contributed by atoms with E-state index in [1.807, 2.05) is 43.8 Å². The number of carbonyl (C=O) groups excluding carboxylic acids is 1. The first-order chi connectivity index (χ1) is 10.5. The first-order valence-electron chi connectivity index (χ1n) is 7.58. The van der Waals surface area contributed by atoms with Crippen LogP contribution in [0.4, 0.5) is 0 Å². The molecule has 1 amide bonds. The Labute approximate surface area is 133 Å². The molecule has 4 nitrogen and oxygen atoms in total. The van der Waals surface area contributed by atoms with Crippen LogP contribution in [0, 0.1) is 5.92 Å². The minimum atomic E-state index is -0.474. The van der Waals surface area contributed by atoms with Crippen LogP contribution in [0.3, 0.4) is 0 Å². The third-order valence-corrected chi connectivity index (χ3v) is 5.29. The largest absolute Gasteiger partial charge is 0.369 e. The molecule has 0 spiro atoms. The van der Waals surface area contributed by atoms with Crippen molar-refractivity contribution < 1.29 is 4.79 Å². The Hall–Kier alpha value is -1.75. The Morgan fingerprint density at radius 2 is 2.05 bits per heavy atom. The van der Waals surface area contributed by atoms with Crippen LogP contribution in [0.15, 0.2) is 34.0 Å². The molecule has 5 heteroatoms. The first-order valence-corrected chi connectivity index (χ1v) is 8.46. The number of carbonyl (C=O) groups is 1. The molecule has 1 aromatic carbocycles. The summed E-state index contributed by atoms with van der Waals surface area (Å²) in [4.78, 5) is 28.4. The molecule has 1 heterocycles. The van der Waals surface area contributed by atoms with E-state index >= 15 is 0 Å². The van der Waals surface area contributed by atoms with E-state index in [0.29, 0.717) is 16.3 Å². The summed E-state index contributed by atoms with van der Waals surface area (Å²) in [5.41, 5.74) is 6.78. The second-order valence-electron chi connectivity index (χ2n) is 6.24. The smallest absolute Gasteiger partial charge is 0.226 e. The van der Waals surface area contributed by atoms with Crippen molar-refractivity contribution in [2.45, 2.75) is 42.8 Å². The van der Waals surface area contributed by atoms with Gasteiger partial charge < -0.3 is 10.7 Å². The van der Waals surface area contributed by atoms with Crippen molar-refractivity contribution in [3.63, 3.8) is 0 Å². The fourth-order valence-electron chi connectivity index (χ4n) is 2.71. The van der Waals surface area contributed by atoms with Crippen LogP contribution in [0.25, 0.3) is 10.9 Å². The van der Waals surface area contributed by atoms with Crippen LogP contribution in [-0.2, 0) is 4.79 Å². The molecule has 3 N–H and O–H groups in total. The van der Waals surface area contributed by atoms with Crippen molar-refractivity contribution in [1.82, 2.24) is 4.98 Å². The lowest BCUT2D eigenvalue weighted by molar-refractivity contribution is -0.120. The van der Waals surface area contributed by atoms with E-state index in [1.54, 1.807) is 0 Å². The molecule has 1 aliphatic carbocycles. The van der Waals surface area contributed by atoms with Gasteiger partial charge in [-0.25, -0.2) is 0 Å². The van der Waals surface area contributed by atoms with Crippen molar-refractivity contribution in [2.75, 3.05) is 0 Å². The zero-order chi connectivity index (χ0) is 15.9. The summed E-state index contributed by atoms with van der Waals surface area (Å²) < 4.78 is 0. The second-order valence-corrected chi connectivity index (χ2v) is 7.61. The molecular weight excluding hydrogens is 296 g/mol. The summed E-state index contributed by atoms with van der Waals surface area (Å²) in [7, 11) is 0. The number of nitrogens with one attached hydrogen (secondary N) is 1. The lowest BCUT2D eigenvalue weighted by Crippen LogP contribution is -2.27. The van der Waals surface area contributed by atoms with E-state index in [-0.39, 0.29) is 11.3 Å². The number of hydrogen-bond acceptors (Lipinski definition) is 3. The van der Waals surface area contributed by atoms with E-state index in [2.05, 4.69) is 4.98 Å². The molecular formula is C17H20N2O2S. The van der Waals surface area contributed by atoms with E-state index in [9.17, 15) is 9.59 Å². The molecule has 0 saturated heterocycles. The number of aromatic amines is 1. The van der Waals surface area contributed by atoms with Crippen LogP contribution in [-0.4, -0.2) is 16.1 Å². The average molecular weight is 316 g/mol. The molecule has 0 aliphatic heterocycles. The number of pyridine rings is 1. The van der Waals surface area contributed by atoms with Crippen LogP contribution in [0.5, 0.6) is 0 Å². The average Bonchev–Trinajstić information content (AvgIpc) is 3.22. The zero-order valence-corrected chi connectivity index (χ0v) is 13.6. The number of rotatable bonds is 5. The van der Waals surface area contributed by atoms with Crippen molar-refractivity contribution in [2.24, 2.45) is 11.7 Å². The van der Waals surface area contributed by atoms with Gasteiger partial charge in [-0.3, -0.25) is 9.59 Å². The zero-order valence-electron chi connectivity index (χ0n) is 12.8. The molecule has 0 radical (unpaired) electrons. The first kappa shape index (κ1) is 15.2. The maximum absolute atomic E-state index is 12.4. The Morgan fingerprint density at radius 3 is 2.64 bits per heavy atom. The Kier molecular flexibility index (Phi) is 4.00. The van der Waals surface area contributed by atoms with Gasteiger partial charge >= 0.3 is 0 Å². The molecule has 22 heavy (non-hydrogen) atoms. The van der Waals surface area contributed by atoms with Gasteiger partial charge in [0.15, 0.2) is 5.43 Å². The van der Waals surface area contributed by atoms with Gasteiger partial charge in [-0.05, 0) is 37.0 Å². The molecule has 2 aromatic rings. The van der Waals surface area contributed by atoms with E-state index in [0.717, 1.165) is 10.4 Å². The van der Waals surface area contributed by atoms with Crippen LogP contribution in [0.2, 0.25) is 0 Å². The lowest BCUT2D eigenvalue weighted by Gasteiger charge is -2.18. The molecule has 1 saturated carbocycles. The number of primary amides is 1. The highest BCUT2D eigenvalue weighted by atomic mass is 32.2. The summed E-state index contributed by atoms with van der Waals surface area (Å²) in [6.07, 6.45) is 2.51. The van der Waals surface area contributed by atoms with E-state index < -0.39 is 11.8 Å². The molecule has 1 aromatic heterocycles. The fourth-order valence-corrected chi connectivity index (χ4v) is 3.80. The summed E-state index contributed by atoms with van der Waals surface area (Å²) in [6.45, 7) is 3.85. The van der Waals surface area contributed by atoms with E-state index in [1.165, 1.54) is 18.9 Å². The maximum Gasteiger partial charge on any atom is 0.226 e. The number of fused-ring (bicyclic) bond motifs is 1. The van der Waals surface area contributed by atoms with Gasteiger partial charge in [0.25, 0.3) is 0 Å². The molecule has 1 atom stereocenters. The van der Waals surface area contributed by atoms with Crippen molar-refractivity contribution in [3.05, 3.63) is 40.2 Å². The van der Waals surface area contributed by atoms with Crippen molar-refractivity contribution in [1.29, 1.82) is 0 Å². The van der Waals surface area contributed by atoms with Crippen LogP contribution < -0.4 is 11.2 Å². The summed E-state index contributed by atoms with van der Waals surface area (Å²) >= 11 is 1.83. The maximum atomic E-state index is 12.4. The number of amides is 1. The van der Waals surface area contributed by atoms with Gasteiger partial charge in [0.2, 0.25) is 5.91 Å². The van der Waals surface area contributed by atoms with Gasteiger partial charge in [-0.2, -0.15) is 0 Å². The van der Waals surface area contributed by atoms with Gasteiger partial charge in [-0.15, -0.1) is 11.8 Å². The number of nitrogens with two attached hydrogens (primary N) is 1. The molecule has 3 rings (SSSR count). The van der Waals surface area contributed by atoms with Gasteiger partial charge in [0.1, 0.15) is 0 Å². The fraction of sp³-hybridized carbons (Fsp3) is 0.412. The van der Waals surface area contributed by atoms with Crippen molar-refractivity contribution >= 4 is 28.6 Å². The van der Waals surface area contributed by atoms with Crippen molar-refractivity contribution in [3.8, 4) is 0 Å². The standard InChI is InChI=1S/C17H20N2O2S/c1-9(2)16(17(18)21)14-8-15(20)12-7-11(22-10-3-4-10)5-6-13(12)19-14/h5-10,16H,3-4H2,1-2H3,(H2,18,21)(H,19,20).